The van der Waals surface area contributed by atoms with E-state index in [0.717, 1.165) is 18.4 Å². The van der Waals surface area contributed by atoms with Gasteiger partial charge in [0.05, 0.1) is 28.6 Å². The number of nitrogens with zero attached hydrogens (tertiary/aromatic N) is 2. The molecule has 2 amide bonds. The number of benzene rings is 1. The second-order valence-electron chi connectivity index (χ2n) is 6.95. The van der Waals surface area contributed by atoms with Gasteiger partial charge in [-0.2, -0.15) is 0 Å². The van der Waals surface area contributed by atoms with Crippen molar-refractivity contribution in [3.05, 3.63) is 58.6 Å². The molecule has 1 N–H and O–H groups in total. The topological polar surface area (TPSA) is 62.3 Å². The first-order valence-corrected chi connectivity index (χ1v) is 9.22. The summed E-state index contributed by atoms with van der Waals surface area (Å²) in [4.78, 5) is 31.0. The van der Waals surface area contributed by atoms with Crippen LogP contribution in [-0.4, -0.2) is 28.2 Å². The second kappa shape index (κ2) is 8.05. The van der Waals surface area contributed by atoms with Crippen molar-refractivity contribution in [2.45, 2.75) is 32.7 Å². The molecule has 2 atom stereocenters. The fourth-order valence-electron chi connectivity index (χ4n) is 3.30. The monoisotopic (exact) mass is 389 g/mol. The van der Waals surface area contributed by atoms with Gasteiger partial charge in [-0.3, -0.25) is 14.6 Å². The molecule has 27 heavy (non-hydrogen) atoms. The summed E-state index contributed by atoms with van der Waals surface area (Å²) in [6.45, 7) is 4.27. The minimum atomic E-state index is -0.738. The maximum absolute atomic E-state index is 13.2. The molecule has 7 heteroatoms. The molecule has 1 aliphatic heterocycles. The summed E-state index contributed by atoms with van der Waals surface area (Å²) in [7, 11) is 0. The number of amides is 2. The third kappa shape index (κ3) is 4.45. The van der Waals surface area contributed by atoms with E-state index in [-0.39, 0.29) is 17.8 Å². The molecule has 1 aliphatic rings. The number of aryl methyl sites for hydroxylation is 1. The van der Waals surface area contributed by atoms with Crippen molar-refractivity contribution < 1.29 is 14.0 Å². The number of hydrogen-bond acceptors (Lipinski definition) is 3. The summed E-state index contributed by atoms with van der Waals surface area (Å²) in [6.07, 6.45) is 3.12. The van der Waals surface area contributed by atoms with Crippen molar-refractivity contribution in [2.24, 2.45) is 5.92 Å². The number of carbonyl (C=O) groups excluding carboxylic acids is 2. The van der Waals surface area contributed by atoms with Crippen LogP contribution in [0.5, 0.6) is 0 Å². The van der Waals surface area contributed by atoms with E-state index in [1.165, 1.54) is 18.3 Å². The molecule has 0 radical (unpaired) electrons. The van der Waals surface area contributed by atoms with Gasteiger partial charge in [0.25, 0.3) is 0 Å². The first-order valence-electron chi connectivity index (χ1n) is 8.84. The Labute approximate surface area is 162 Å². The molecule has 2 aromatic rings. The smallest absolute Gasteiger partial charge is 0.313 e. The average molecular weight is 390 g/mol. The Balaban J connectivity index is 1.79. The highest BCUT2D eigenvalue weighted by atomic mass is 35.5. The minimum Gasteiger partial charge on any atom is -0.327 e. The van der Waals surface area contributed by atoms with E-state index in [1.807, 2.05) is 6.92 Å². The lowest BCUT2D eigenvalue weighted by Crippen LogP contribution is -2.46. The van der Waals surface area contributed by atoms with Gasteiger partial charge in [-0.15, -0.1) is 0 Å². The van der Waals surface area contributed by atoms with Gasteiger partial charge in [-0.25, -0.2) is 4.39 Å². The van der Waals surface area contributed by atoms with Crippen molar-refractivity contribution in [3.8, 4) is 0 Å². The van der Waals surface area contributed by atoms with Crippen LogP contribution in [0.25, 0.3) is 0 Å². The van der Waals surface area contributed by atoms with E-state index < -0.39 is 11.8 Å². The fraction of sp³-hybridized carbons (Fsp3) is 0.350. The Kier molecular flexibility index (Phi) is 5.75. The molecular formula is C20H21ClFN3O2. The van der Waals surface area contributed by atoms with Crippen molar-refractivity contribution in [3.63, 3.8) is 0 Å². The summed E-state index contributed by atoms with van der Waals surface area (Å²) in [5.41, 5.74) is 1.83. The van der Waals surface area contributed by atoms with Gasteiger partial charge in [0.1, 0.15) is 5.82 Å². The standard InChI is InChI=1S/C20H21ClFN3O2/c1-12-3-8-18(14-4-6-15(22)7-5-14)25(11-12)20(27)19(26)24-16-9-17(21)13(2)23-10-16/h4-7,9-10,12,18H,3,8,11H2,1-2H3,(H,24,26)/t12-,18+/m1/s1. The van der Waals surface area contributed by atoms with Crippen LogP contribution in [-0.2, 0) is 9.59 Å². The van der Waals surface area contributed by atoms with Crippen LogP contribution < -0.4 is 5.32 Å². The van der Waals surface area contributed by atoms with Crippen LogP contribution in [0.4, 0.5) is 10.1 Å². The van der Waals surface area contributed by atoms with Gasteiger partial charge in [0.2, 0.25) is 0 Å². The van der Waals surface area contributed by atoms with Crippen molar-refractivity contribution in [1.29, 1.82) is 0 Å². The zero-order valence-corrected chi connectivity index (χ0v) is 16.0. The van der Waals surface area contributed by atoms with Crippen molar-refractivity contribution in [1.82, 2.24) is 9.88 Å². The SMILES string of the molecule is Cc1ncc(NC(=O)C(=O)N2C[C@H](C)CC[C@H]2c2ccc(F)cc2)cc1Cl. The van der Waals surface area contributed by atoms with Crippen LogP contribution in [0, 0.1) is 18.7 Å². The lowest BCUT2D eigenvalue weighted by molar-refractivity contribution is -0.146. The first-order chi connectivity index (χ1) is 12.8. The second-order valence-corrected chi connectivity index (χ2v) is 7.36. The minimum absolute atomic E-state index is 0.250. The van der Waals surface area contributed by atoms with E-state index in [1.54, 1.807) is 30.0 Å². The zero-order valence-electron chi connectivity index (χ0n) is 15.2. The summed E-state index contributed by atoms with van der Waals surface area (Å²) < 4.78 is 13.2. The average Bonchev–Trinajstić information content (AvgIpc) is 2.65. The highest BCUT2D eigenvalue weighted by Gasteiger charge is 2.34. The van der Waals surface area contributed by atoms with Gasteiger partial charge in [-0.05, 0) is 49.4 Å². The summed E-state index contributed by atoms with van der Waals surface area (Å²) in [5, 5.41) is 2.98. The van der Waals surface area contributed by atoms with Gasteiger partial charge in [0.15, 0.2) is 0 Å². The summed E-state index contributed by atoms with van der Waals surface area (Å²) in [6, 6.07) is 7.38. The van der Waals surface area contributed by atoms with E-state index in [0.29, 0.717) is 22.9 Å². The number of hydrogen-bond donors (Lipinski definition) is 1. The number of halogens is 2. The maximum Gasteiger partial charge on any atom is 0.313 e. The van der Waals surface area contributed by atoms with Gasteiger partial charge in [-0.1, -0.05) is 30.7 Å². The largest absolute Gasteiger partial charge is 0.327 e. The Bertz CT molecular complexity index is 857. The third-order valence-corrected chi connectivity index (χ3v) is 5.19. The lowest BCUT2D eigenvalue weighted by atomic mass is 9.90. The molecule has 0 bridgehead atoms. The molecule has 1 aromatic heterocycles. The normalized spacial score (nSPS) is 19.6. The number of pyridine rings is 1. The molecule has 2 heterocycles. The molecule has 142 valence electrons. The predicted octanol–water partition coefficient (Wildman–Crippen LogP) is 4.12. The van der Waals surface area contributed by atoms with Crippen LogP contribution in [0.15, 0.2) is 36.5 Å². The molecular weight excluding hydrogens is 369 g/mol. The summed E-state index contributed by atoms with van der Waals surface area (Å²) >= 11 is 6.02. The Morgan fingerprint density at radius 2 is 1.96 bits per heavy atom. The Morgan fingerprint density at radius 3 is 2.63 bits per heavy atom. The summed E-state index contributed by atoms with van der Waals surface area (Å²) in [5.74, 6) is -1.40. The zero-order chi connectivity index (χ0) is 19.6. The number of likely N-dealkylation sites (tertiary alicyclic amines) is 1. The molecule has 1 saturated heterocycles. The molecule has 1 fully saturated rings. The van der Waals surface area contributed by atoms with Gasteiger partial charge >= 0.3 is 11.8 Å². The fourth-order valence-corrected chi connectivity index (χ4v) is 3.46. The molecule has 5 nitrogen and oxygen atoms in total. The highest BCUT2D eigenvalue weighted by Crippen LogP contribution is 2.33. The van der Waals surface area contributed by atoms with Gasteiger partial charge in [0, 0.05) is 6.54 Å². The highest BCUT2D eigenvalue weighted by molar-refractivity contribution is 6.39. The molecule has 0 spiro atoms. The Morgan fingerprint density at radius 1 is 1.26 bits per heavy atom. The molecule has 0 unspecified atom stereocenters. The number of aromatic nitrogens is 1. The first kappa shape index (κ1) is 19.3. The van der Waals surface area contributed by atoms with Crippen molar-refractivity contribution >= 4 is 29.1 Å². The third-order valence-electron chi connectivity index (χ3n) is 4.81. The number of rotatable bonds is 2. The molecule has 0 aliphatic carbocycles. The van der Waals surface area contributed by atoms with Crippen molar-refractivity contribution in [2.75, 3.05) is 11.9 Å². The Hall–Kier alpha value is -2.47. The maximum atomic E-state index is 13.2. The molecule has 0 saturated carbocycles. The number of carbonyl (C=O) groups is 2. The van der Waals surface area contributed by atoms with E-state index in [9.17, 15) is 14.0 Å². The van der Waals surface area contributed by atoms with Crippen LogP contribution in [0.3, 0.4) is 0 Å². The molecule has 3 rings (SSSR count). The van der Waals surface area contributed by atoms with Crippen LogP contribution in [0.2, 0.25) is 5.02 Å². The lowest BCUT2D eigenvalue weighted by Gasteiger charge is -2.38. The predicted molar refractivity (Wildman–Crippen MR) is 102 cm³/mol. The number of piperidine rings is 1. The van der Waals surface area contributed by atoms with E-state index in [2.05, 4.69) is 10.3 Å². The number of nitrogens with one attached hydrogen (secondary N) is 1. The van der Waals surface area contributed by atoms with Crippen LogP contribution in [0.1, 0.15) is 37.1 Å². The van der Waals surface area contributed by atoms with Gasteiger partial charge < -0.3 is 10.2 Å². The quantitative estimate of drug-likeness (QED) is 0.786. The van der Waals surface area contributed by atoms with E-state index >= 15 is 0 Å². The molecule has 1 aromatic carbocycles. The number of anilines is 1. The van der Waals surface area contributed by atoms with E-state index in [4.69, 9.17) is 11.6 Å². The van der Waals surface area contributed by atoms with Crippen LogP contribution >= 0.6 is 11.6 Å².